The fourth-order valence-corrected chi connectivity index (χ4v) is 0. The summed E-state index contributed by atoms with van der Waals surface area (Å²) in [4.78, 5) is 18.2. The number of carboxylic acid groups (broad SMARTS) is 2. The van der Waals surface area contributed by atoms with Gasteiger partial charge in [-0.25, -0.2) is 9.59 Å². The average Bonchev–Trinajstić information content (AvgIpc) is 1.36. The molecule has 0 heterocycles. The Kier molecular flexibility index (Phi) is 6.53. The minimum Gasteiger partial charge on any atom is -0.473 e. The van der Waals surface area contributed by atoms with E-state index < -0.39 is 11.9 Å². The van der Waals surface area contributed by atoms with Gasteiger partial charge in [0, 0.05) is 40.4 Å². The van der Waals surface area contributed by atoms with Crippen molar-refractivity contribution in [1.29, 1.82) is 0 Å². The molecule has 0 aliphatic rings. The SMILES string of the molecule is O=C(O)C(=O)O.[Sm]. The first-order chi connectivity index (χ1) is 2.64. The van der Waals surface area contributed by atoms with E-state index >= 15 is 0 Å². The fraction of sp³-hybridized carbons (Fsp3) is 0. The Balaban J connectivity index is 0. The quantitative estimate of drug-likeness (QED) is 0.541. The summed E-state index contributed by atoms with van der Waals surface area (Å²) in [5.41, 5.74) is 0. The summed E-state index contributed by atoms with van der Waals surface area (Å²) < 4.78 is 0. The maximum Gasteiger partial charge on any atom is 0.414 e. The van der Waals surface area contributed by atoms with E-state index in [1.54, 1.807) is 0 Å². The smallest absolute Gasteiger partial charge is 0.414 e. The molecule has 0 bridgehead atoms. The van der Waals surface area contributed by atoms with Crippen molar-refractivity contribution in [3.05, 3.63) is 0 Å². The summed E-state index contributed by atoms with van der Waals surface area (Å²) in [6.07, 6.45) is 0. The van der Waals surface area contributed by atoms with Crippen molar-refractivity contribution in [1.82, 2.24) is 0 Å². The topological polar surface area (TPSA) is 74.6 Å². The monoisotopic (exact) mass is 242 g/mol. The largest absolute Gasteiger partial charge is 0.473 e. The first-order valence-electron chi connectivity index (χ1n) is 1.11. The van der Waals surface area contributed by atoms with E-state index in [2.05, 4.69) is 0 Å². The van der Waals surface area contributed by atoms with E-state index in [4.69, 9.17) is 19.8 Å². The Labute approximate surface area is 71.6 Å². The molecule has 0 radical (unpaired) electrons. The second-order valence-corrected chi connectivity index (χ2v) is 0.610. The summed E-state index contributed by atoms with van der Waals surface area (Å²) in [5.74, 6) is -3.65. The van der Waals surface area contributed by atoms with E-state index in [0.29, 0.717) is 0 Å². The van der Waals surface area contributed by atoms with E-state index in [1.807, 2.05) is 0 Å². The van der Waals surface area contributed by atoms with Crippen LogP contribution in [0.5, 0.6) is 0 Å². The molecule has 0 aliphatic heterocycles. The fourth-order valence-electron chi connectivity index (χ4n) is 0. The molecule has 0 aliphatic carbocycles. The van der Waals surface area contributed by atoms with Crippen molar-refractivity contribution in [3.63, 3.8) is 0 Å². The van der Waals surface area contributed by atoms with Crippen LogP contribution in [0.1, 0.15) is 0 Å². The number of rotatable bonds is 0. The van der Waals surface area contributed by atoms with Gasteiger partial charge in [-0.15, -0.1) is 0 Å². The van der Waals surface area contributed by atoms with Crippen LogP contribution in [0.4, 0.5) is 0 Å². The maximum absolute atomic E-state index is 9.10. The summed E-state index contributed by atoms with van der Waals surface area (Å²) >= 11 is 0. The molecule has 0 aromatic carbocycles. The third-order valence-electron chi connectivity index (χ3n) is 0.183. The zero-order valence-corrected chi connectivity index (χ0v) is 5.74. The minimum atomic E-state index is -1.82. The van der Waals surface area contributed by atoms with Crippen molar-refractivity contribution in [3.8, 4) is 0 Å². The van der Waals surface area contributed by atoms with Gasteiger partial charge >= 0.3 is 11.9 Å². The molecule has 0 atom stereocenters. The van der Waals surface area contributed by atoms with Gasteiger partial charge in [-0.3, -0.25) is 0 Å². The molecule has 0 saturated heterocycles. The van der Waals surface area contributed by atoms with E-state index in [0.717, 1.165) is 0 Å². The average molecular weight is 240 g/mol. The molecule has 4 nitrogen and oxygen atoms in total. The van der Waals surface area contributed by atoms with Crippen molar-refractivity contribution < 1.29 is 60.2 Å². The number of carboxylic acids is 2. The van der Waals surface area contributed by atoms with Gasteiger partial charge in [0.15, 0.2) is 0 Å². The molecule has 40 valence electrons. The molecule has 2 N–H and O–H groups in total. The Hall–Kier alpha value is 0.278. The van der Waals surface area contributed by atoms with Crippen molar-refractivity contribution >= 4 is 11.9 Å². The molecule has 7 heavy (non-hydrogen) atoms. The van der Waals surface area contributed by atoms with Crippen LogP contribution in [0.3, 0.4) is 0 Å². The van der Waals surface area contributed by atoms with Crippen LogP contribution in [0.2, 0.25) is 0 Å². The number of carbonyl (C=O) groups is 2. The predicted octanol–water partition coefficient (Wildman–Crippen LogP) is -0.844. The van der Waals surface area contributed by atoms with E-state index in [9.17, 15) is 0 Å². The van der Waals surface area contributed by atoms with E-state index in [-0.39, 0.29) is 40.4 Å². The second-order valence-electron chi connectivity index (χ2n) is 0.610. The normalized spacial score (nSPS) is 6.29. The molecule has 0 spiro atoms. The van der Waals surface area contributed by atoms with Gasteiger partial charge in [0.1, 0.15) is 0 Å². The van der Waals surface area contributed by atoms with Gasteiger partial charge in [-0.1, -0.05) is 0 Å². The van der Waals surface area contributed by atoms with Crippen LogP contribution in [-0.4, -0.2) is 22.2 Å². The van der Waals surface area contributed by atoms with Crippen molar-refractivity contribution in [2.45, 2.75) is 0 Å². The van der Waals surface area contributed by atoms with Crippen LogP contribution < -0.4 is 0 Å². The second kappa shape index (κ2) is 4.44. The van der Waals surface area contributed by atoms with Gasteiger partial charge in [-0.2, -0.15) is 0 Å². The molecule has 0 aromatic rings. The summed E-state index contributed by atoms with van der Waals surface area (Å²) in [6.45, 7) is 0. The van der Waals surface area contributed by atoms with Gasteiger partial charge in [0.25, 0.3) is 0 Å². The zero-order chi connectivity index (χ0) is 5.15. The molecule has 0 amide bonds. The summed E-state index contributed by atoms with van der Waals surface area (Å²) in [6, 6.07) is 0. The van der Waals surface area contributed by atoms with Gasteiger partial charge in [0.2, 0.25) is 0 Å². The number of aliphatic carboxylic acids is 2. The Morgan fingerprint density at radius 3 is 1.14 bits per heavy atom. The molecular formula is C2H2O4Sm. The maximum atomic E-state index is 9.10. The number of hydrogen-bond acceptors (Lipinski definition) is 2. The summed E-state index contributed by atoms with van der Waals surface area (Å²) in [5, 5.41) is 14.8. The standard InChI is InChI=1S/C2H2O4.Sm/c3-1(4)2(5)6;/h(H,3,4)(H,5,6);. The Morgan fingerprint density at radius 1 is 1.00 bits per heavy atom. The molecule has 0 unspecified atom stereocenters. The van der Waals surface area contributed by atoms with Crippen molar-refractivity contribution in [2.24, 2.45) is 0 Å². The predicted molar refractivity (Wildman–Crippen MR) is 15.3 cm³/mol. The Bertz CT molecular complexity index is 75.7. The van der Waals surface area contributed by atoms with Crippen LogP contribution in [0.25, 0.3) is 0 Å². The van der Waals surface area contributed by atoms with Crippen LogP contribution in [0, 0.1) is 40.4 Å². The molecule has 0 aromatic heterocycles. The summed E-state index contributed by atoms with van der Waals surface area (Å²) in [7, 11) is 0. The zero-order valence-electron chi connectivity index (χ0n) is 3.12. The van der Waals surface area contributed by atoms with Crippen molar-refractivity contribution in [2.75, 3.05) is 0 Å². The van der Waals surface area contributed by atoms with Gasteiger partial charge in [-0.05, 0) is 0 Å². The number of hydrogen-bond donors (Lipinski definition) is 2. The molecular weight excluding hydrogens is 238 g/mol. The first-order valence-corrected chi connectivity index (χ1v) is 1.11. The Morgan fingerprint density at radius 2 is 1.14 bits per heavy atom. The van der Waals surface area contributed by atoms with Gasteiger partial charge < -0.3 is 10.2 Å². The van der Waals surface area contributed by atoms with Crippen LogP contribution in [0.15, 0.2) is 0 Å². The van der Waals surface area contributed by atoms with Crippen LogP contribution in [-0.2, 0) is 9.59 Å². The third kappa shape index (κ3) is 6.28. The minimum absolute atomic E-state index is 0. The molecule has 5 heteroatoms. The first kappa shape index (κ1) is 10.3. The molecule has 0 fully saturated rings. The third-order valence-corrected chi connectivity index (χ3v) is 0.183. The molecule has 0 saturated carbocycles. The van der Waals surface area contributed by atoms with Crippen LogP contribution >= 0.6 is 0 Å². The van der Waals surface area contributed by atoms with Gasteiger partial charge in [0.05, 0.1) is 0 Å². The molecule has 0 rings (SSSR count). The van der Waals surface area contributed by atoms with E-state index in [1.165, 1.54) is 0 Å².